The van der Waals surface area contributed by atoms with Gasteiger partial charge in [0.2, 0.25) is 0 Å². The van der Waals surface area contributed by atoms with Crippen LogP contribution in [0.1, 0.15) is 27.0 Å². The number of carboxylic acid groups (broad SMARTS) is 1. The molecule has 0 aliphatic heterocycles. The molecule has 162 valence electrons. The van der Waals surface area contributed by atoms with E-state index in [4.69, 9.17) is 0 Å². The van der Waals surface area contributed by atoms with Crippen molar-refractivity contribution in [3.8, 4) is 0 Å². The number of rotatable bonds is 8. The minimum atomic E-state index is -1.16. The summed E-state index contributed by atoms with van der Waals surface area (Å²) in [4.78, 5) is 37.5. The van der Waals surface area contributed by atoms with Crippen molar-refractivity contribution < 1.29 is 19.5 Å². The highest BCUT2D eigenvalue weighted by atomic mass is 16.4. The van der Waals surface area contributed by atoms with E-state index in [1.165, 1.54) is 6.08 Å². The maximum absolute atomic E-state index is 13.0. The Morgan fingerprint density at radius 3 is 2.06 bits per heavy atom. The highest BCUT2D eigenvalue weighted by molar-refractivity contribution is 6.06. The third-order valence-electron chi connectivity index (χ3n) is 4.80. The first kappa shape index (κ1) is 22.5. The number of benzene rings is 3. The molecule has 0 heterocycles. The SMILES string of the molecule is Cc1ccc(/C=C(\NC(=O)c2ccccc2)C(=O)N[C@@H](Cc2ccccc2)C(=O)O)cc1. The van der Waals surface area contributed by atoms with Gasteiger partial charge in [-0.05, 0) is 36.3 Å². The largest absolute Gasteiger partial charge is 0.480 e. The average molecular weight is 428 g/mol. The molecule has 0 bridgehead atoms. The third kappa shape index (κ3) is 6.40. The van der Waals surface area contributed by atoms with Crippen LogP contribution in [-0.4, -0.2) is 28.9 Å². The van der Waals surface area contributed by atoms with Crippen molar-refractivity contribution in [2.24, 2.45) is 0 Å². The monoisotopic (exact) mass is 428 g/mol. The van der Waals surface area contributed by atoms with E-state index in [2.05, 4.69) is 10.6 Å². The van der Waals surface area contributed by atoms with Gasteiger partial charge in [-0.1, -0.05) is 78.4 Å². The minimum absolute atomic E-state index is 0.0398. The van der Waals surface area contributed by atoms with Gasteiger partial charge >= 0.3 is 5.97 Å². The number of carboxylic acids is 1. The molecule has 0 aliphatic rings. The number of amides is 2. The zero-order chi connectivity index (χ0) is 22.9. The van der Waals surface area contributed by atoms with Crippen LogP contribution < -0.4 is 10.6 Å². The molecule has 1 atom stereocenters. The van der Waals surface area contributed by atoms with Gasteiger partial charge in [0.05, 0.1) is 0 Å². The second-order valence-electron chi connectivity index (χ2n) is 7.34. The topological polar surface area (TPSA) is 95.5 Å². The van der Waals surface area contributed by atoms with Crippen LogP contribution in [0.3, 0.4) is 0 Å². The molecule has 3 rings (SSSR count). The number of aliphatic carboxylic acids is 1. The lowest BCUT2D eigenvalue weighted by Crippen LogP contribution is -2.45. The van der Waals surface area contributed by atoms with Crippen molar-refractivity contribution in [1.82, 2.24) is 10.6 Å². The number of hydrogen-bond donors (Lipinski definition) is 3. The summed E-state index contributed by atoms with van der Waals surface area (Å²) in [5.74, 6) is -2.31. The summed E-state index contributed by atoms with van der Waals surface area (Å²) in [6, 6.07) is 23.8. The molecule has 0 aromatic heterocycles. The quantitative estimate of drug-likeness (QED) is 0.478. The predicted molar refractivity (Wildman–Crippen MR) is 123 cm³/mol. The predicted octanol–water partition coefficient (Wildman–Crippen LogP) is 3.58. The molecular formula is C26H24N2O4. The molecule has 3 aromatic rings. The van der Waals surface area contributed by atoms with Crippen LogP contribution in [-0.2, 0) is 16.0 Å². The van der Waals surface area contributed by atoms with Gasteiger partial charge in [0.15, 0.2) is 0 Å². The van der Waals surface area contributed by atoms with E-state index in [-0.39, 0.29) is 12.1 Å². The molecule has 2 amide bonds. The maximum atomic E-state index is 13.0. The van der Waals surface area contributed by atoms with E-state index in [9.17, 15) is 19.5 Å². The molecule has 0 aliphatic carbocycles. The lowest BCUT2D eigenvalue weighted by atomic mass is 10.1. The Morgan fingerprint density at radius 1 is 0.875 bits per heavy atom. The van der Waals surface area contributed by atoms with Crippen LogP contribution in [0.4, 0.5) is 0 Å². The summed E-state index contributed by atoms with van der Waals surface area (Å²) < 4.78 is 0. The van der Waals surface area contributed by atoms with Crippen molar-refractivity contribution in [2.45, 2.75) is 19.4 Å². The normalized spacial score (nSPS) is 12.0. The fourth-order valence-corrected chi connectivity index (χ4v) is 3.06. The Balaban J connectivity index is 1.85. The van der Waals surface area contributed by atoms with Crippen molar-refractivity contribution in [3.63, 3.8) is 0 Å². The van der Waals surface area contributed by atoms with Crippen LogP contribution >= 0.6 is 0 Å². The van der Waals surface area contributed by atoms with Gasteiger partial charge in [0, 0.05) is 12.0 Å². The van der Waals surface area contributed by atoms with Crippen LogP contribution in [0.2, 0.25) is 0 Å². The number of aryl methyl sites for hydroxylation is 1. The molecule has 0 unspecified atom stereocenters. The summed E-state index contributed by atoms with van der Waals surface area (Å²) in [5.41, 5.74) is 2.87. The number of nitrogens with one attached hydrogen (secondary N) is 2. The highest BCUT2D eigenvalue weighted by Gasteiger charge is 2.23. The zero-order valence-electron chi connectivity index (χ0n) is 17.6. The third-order valence-corrected chi connectivity index (χ3v) is 4.80. The van der Waals surface area contributed by atoms with E-state index < -0.39 is 23.8 Å². The van der Waals surface area contributed by atoms with E-state index in [1.807, 2.05) is 37.3 Å². The van der Waals surface area contributed by atoms with Gasteiger partial charge in [0.1, 0.15) is 11.7 Å². The molecule has 32 heavy (non-hydrogen) atoms. The van der Waals surface area contributed by atoms with Gasteiger partial charge in [-0.3, -0.25) is 9.59 Å². The second-order valence-corrected chi connectivity index (χ2v) is 7.34. The number of carbonyl (C=O) groups excluding carboxylic acids is 2. The lowest BCUT2D eigenvalue weighted by molar-refractivity contribution is -0.141. The first-order chi connectivity index (χ1) is 15.4. The fraction of sp³-hybridized carbons (Fsp3) is 0.115. The van der Waals surface area contributed by atoms with Gasteiger partial charge in [-0.2, -0.15) is 0 Å². The molecule has 6 nitrogen and oxygen atoms in total. The van der Waals surface area contributed by atoms with E-state index in [0.29, 0.717) is 11.1 Å². The molecule has 0 spiro atoms. The van der Waals surface area contributed by atoms with Gasteiger partial charge < -0.3 is 15.7 Å². The summed E-state index contributed by atoms with van der Waals surface area (Å²) >= 11 is 0. The van der Waals surface area contributed by atoms with Gasteiger partial charge in [0.25, 0.3) is 11.8 Å². The molecular weight excluding hydrogens is 404 g/mol. The smallest absolute Gasteiger partial charge is 0.326 e. The molecule has 0 saturated carbocycles. The van der Waals surface area contributed by atoms with Crippen LogP contribution in [0.5, 0.6) is 0 Å². The first-order valence-corrected chi connectivity index (χ1v) is 10.1. The van der Waals surface area contributed by atoms with Crippen LogP contribution in [0.15, 0.2) is 90.6 Å². The number of hydrogen-bond acceptors (Lipinski definition) is 3. The van der Waals surface area contributed by atoms with Crippen LogP contribution in [0, 0.1) is 6.92 Å². The van der Waals surface area contributed by atoms with Crippen molar-refractivity contribution in [3.05, 3.63) is 113 Å². The summed E-state index contributed by atoms with van der Waals surface area (Å²) in [5, 5.41) is 14.8. The Hall–Kier alpha value is -4.19. The Kier molecular flexibility index (Phi) is 7.54. The Labute approximate surface area is 186 Å². The standard InChI is InChI=1S/C26H24N2O4/c1-18-12-14-20(15-13-18)16-22(27-24(29)21-10-6-3-7-11-21)25(30)28-23(26(31)32)17-19-8-4-2-5-9-19/h2-16,23H,17H2,1H3,(H,27,29)(H,28,30)(H,31,32)/b22-16-/t23-/m0/s1. The van der Waals surface area contributed by atoms with Gasteiger partial charge in [-0.25, -0.2) is 4.79 Å². The average Bonchev–Trinajstić information content (AvgIpc) is 2.80. The van der Waals surface area contributed by atoms with Crippen molar-refractivity contribution >= 4 is 23.9 Å². The summed E-state index contributed by atoms with van der Waals surface area (Å²) in [6.07, 6.45) is 1.64. The van der Waals surface area contributed by atoms with Crippen LogP contribution in [0.25, 0.3) is 6.08 Å². The van der Waals surface area contributed by atoms with E-state index >= 15 is 0 Å². The zero-order valence-corrected chi connectivity index (χ0v) is 17.6. The maximum Gasteiger partial charge on any atom is 0.326 e. The van der Waals surface area contributed by atoms with Crippen molar-refractivity contribution in [1.29, 1.82) is 0 Å². The first-order valence-electron chi connectivity index (χ1n) is 10.1. The summed E-state index contributed by atoms with van der Waals surface area (Å²) in [6.45, 7) is 1.94. The Morgan fingerprint density at radius 2 is 1.47 bits per heavy atom. The molecule has 3 N–H and O–H groups in total. The second kappa shape index (κ2) is 10.7. The van der Waals surface area contributed by atoms with E-state index in [0.717, 1.165) is 11.1 Å². The highest BCUT2D eigenvalue weighted by Crippen LogP contribution is 2.10. The van der Waals surface area contributed by atoms with Gasteiger partial charge in [-0.15, -0.1) is 0 Å². The van der Waals surface area contributed by atoms with Crippen molar-refractivity contribution in [2.75, 3.05) is 0 Å². The van der Waals surface area contributed by atoms with E-state index in [1.54, 1.807) is 54.6 Å². The molecule has 0 radical (unpaired) electrons. The molecule has 6 heteroatoms. The molecule has 0 saturated heterocycles. The lowest BCUT2D eigenvalue weighted by Gasteiger charge is -2.17. The number of carbonyl (C=O) groups is 3. The molecule has 0 fully saturated rings. The summed E-state index contributed by atoms with van der Waals surface area (Å²) in [7, 11) is 0. The Bertz CT molecular complexity index is 1110. The molecule has 3 aromatic carbocycles. The fourth-order valence-electron chi connectivity index (χ4n) is 3.06. The minimum Gasteiger partial charge on any atom is -0.480 e.